The van der Waals surface area contributed by atoms with E-state index in [9.17, 15) is 0 Å². The molecule has 0 atom stereocenters. The van der Waals surface area contributed by atoms with E-state index >= 15 is 0 Å². The number of unbranched alkanes of at least 4 members (excludes halogenated alkanes) is 4. The molecule has 0 spiro atoms. The van der Waals surface area contributed by atoms with E-state index in [0.29, 0.717) is 0 Å². The van der Waals surface area contributed by atoms with Crippen LogP contribution >= 0.6 is 0 Å². The maximum Gasteiger partial charge on any atom is -0.0109 e. The third kappa shape index (κ3) is 9.45. The number of hydrogen-bond acceptors (Lipinski definition) is 0. The summed E-state index contributed by atoms with van der Waals surface area (Å²) in [6, 6.07) is 8.91. The average molecular weight is 377 g/mol. The van der Waals surface area contributed by atoms with E-state index in [2.05, 4.69) is 68.2 Å². The Labute approximate surface area is 174 Å². The Balaban J connectivity index is 1.66. The number of rotatable bonds is 10. The zero-order valence-corrected chi connectivity index (χ0v) is 18.3. The molecule has 0 saturated heterocycles. The zero-order chi connectivity index (χ0) is 19.9. The molecule has 1 aromatic carbocycles. The lowest BCUT2D eigenvalue weighted by Crippen LogP contribution is -2.12. The lowest BCUT2D eigenvalue weighted by atomic mass is 9.79. The van der Waals surface area contributed by atoms with Crippen LogP contribution in [0.25, 0.3) is 6.08 Å². The van der Waals surface area contributed by atoms with Gasteiger partial charge in [0.2, 0.25) is 0 Å². The van der Waals surface area contributed by atoms with E-state index in [1.807, 2.05) is 6.08 Å². The van der Waals surface area contributed by atoms with Crippen molar-refractivity contribution in [3.63, 3.8) is 0 Å². The maximum atomic E-state index is 3.18. The van der Waals surface area contributed by atoms with Gasteiger partial charge in [-0.05, 0) is 79.7 Å². The van der Waals surface area contributed by atoms with Gasteiger partial charge in [-0.3, -0.25) is 0 Å². The molecule has 0 N–H and O–H groups in total. The van der Waals surface area contributed by atoms with Crippen molar-refractivity contribution in [3.05, 3.63) is 53.6 Å². The van der Waals surface area contributed by atoms with E-state index in [1.165, 1.54) is 88.2 Å². The Bertz CT molecular complexity index is 627. The Kier molecular flexibility index (Phi) is 11.5. The van der Waals surface area contributed by atoms with Gasteiger partial charge in [-0.15, -0.1) is 0 Å². The molecule has 152 valence electrons. The van der Waals surface area contributed by atoms with Gasteiger partial charge in [0.05, 0.1) is 0 Å². The van der Waals surface area contributed by atoms with E-state index < -0.39 is 0 Å². The Morgan fingerprint density at radius 2 is 1.50 bits per heavy atom. The second-order valence-corrected chi connectivity index (χ2v) is 8.46. The summed E-state index contributed by atoms with van der Waals surface area (Å²) in [5.41, 5.74) is 2.68. The van der Waals surface area contributed by atoms with Gasteiger partial charge in [-0.2, -0.15) is 0 Å². The van der Waals surface area contributed by atoms with Crippen molar-refractivity contribution in [1.82, 2.24) is 0 Å². The van der Waals surface area contributed by atoms with Gasteiger partial charge in [0.1, 0.15) is 0 Å². The van der Waals surface area contributed by atoms with Crippen molar-refractivity contribution in [3.8, 4) is 11.8 Å². The van der Waals surface area contributed by atoms with Crippen LogP contribution in [0, 0.1) is 23.7 Å². The van der Waals surface area contributed by atoms with E-state index in [4.69, 9.17) is 0 Å². The monoisotopic (exact) mass is 376 g/mol. The average Bonchev–Trinajstić information content (AvgIpc) is 2.73. The van der Waals surface area contributed by atoms with Crippen LogP contribution in [-0.4, -0.2) is 0 Å². The maximum absolute atomic E-state index is 3.18. The highest BCUT2D eigenvalue weighted by Crippen LogP contribution is 2.32. The summed E-state index contributed by atoms with van der Waals surface area (Å²) in [6.45, 7) is 4.55. The molecule has 2 rings (SSSR count). The highest BCUT2D eigenvalue weighted by molar-refractivity contribution is 5.53. The predicted molar refractivity (Wildman–Crippen MR) is 125 cm³/mol. The van der Waals surface area contributed by atoms with Crippen molar-refractivity contribution in [2.75, 3.05) is 0 Å². The predicted octanol–water partition coefficient (Wildman–Crippen LogP) is 8.38. The second kappa shape index (κ2) is 14.3. The first-order chi connectivity index (χ1) is 13.8. The van der Waals surface area contributed by atoms with Gasteiger partial charge in [-0.25, -0.2) is 0 Å². The molecule has 1 fully saturated rings. The molecule has 1 aliphatic rings. The molecule has 0 heterocycles. The lowest BCUT2D eigenvalue weighted by molar-refractivity contribution is 0.289. The second-order valence-electron chi connectivity index (χ2n) is 8.46. The zero-order valence-electron chi connectivity index (χ0n) is 18.3. The molecule has 1 aromatic rings. The molecule has 0 amide bonds. The third-order valence-electron chi connectivity index (χ3n) is 6.05. The smallest absolute Gasteiger partial charge is 0.0109 e. The highest BCUT2D eigenvalue weighted by atomic mass is 14.2. The summed E-state index contributed by atoms with van der Waals surface area (Å²) >= 11 is 0. The third-order valence-corrected chi connectivity index (χ3v) is 6.05. The largest absolute Gasteiger partial charge is 0.0730 e. The molecular weight excluding hydrogens is 336 g/mol. The van der Waals surface area contributed by atoms with Crippen molar-refractivity contribution in [2.24, 2.45) is 11.8 Å². The van der Waals surface area contributed by atoms with E-state index in [1.54, 1.807) is 0 Å². The van der Waals surface area contributed by atoms with Crippen LogP contribution < -0.4 is 0 Å². The van der Waals surface area contributed by atoms with Crippen LogP contribution in [0.3, 0.4) is 0 Å². The van der Waals surface area contributed by atoms with Gasteiger partial charge in [0.25, 0.3) is 0 Å². The van der Waals surface area contributed by atoms with Gasteiger partial charge >= 0.3 is 0 Å². The van der Waals surface area contributed by atoms with Crippen molar-refractivity contribution in [2.45, 2.75) is 90.9 Å². The Hall–Kier alpha value is -1.74. The van der Waals surface area contributed by atoms with Crippen LogP contribution in [0.4, 0.5) is 0 Å². The van der Waals surface area contributed by atoms with E-state index in [0.717, 1.165) is 11.8 Å². The summed E-state index contributed by atoms with van der Waals surface area (Å²) in [4.78, 5) is 0. The van der Waals surface area contributed by atoms with Crippen LogP contribution in [0.5, 0.6) is 0 Å². The van der Waals surface area contributed by atoms with Gasteiger partial charge in [0.15, 0.2) is 0 Å². The highest BCUT2D eigenvalue weighted by Gasteiger charge is 2.18. The van der Waals surface area contributed by atoms with Crippen molar-refractivity contribution >= 4 is 6.08 Å². The molecule has 28 heavy (non-hydrogen) atoms. The van der Waals surface area contributed by atoms with Gasteiger partial charge < -0.3 is 0 Å². The fourth-order valence-electron chi connectivity index (χ4n) is 4.15. The minimum absolute atomic E-state index is 0.751. The molecule has 0 aromatic heterocycles. The molecule has 0 heteroatoms. The lowest BCUT2D eigenvalue weighted by Gasteiger charge is -2.26. The van der Waals surface area contributed by atoms with Crippen LogP contribution in [0.2, 0.25) is 0 Å². The summed E-state index contributed by atoms with van der Waals surface area (Å²) in [5, 5.41) is 0. The quantitative estimate of drug-likeness (QED) is 0.284. The molecule has 0 bridgehead atoms. The normalized spacial score (nSPS) is 19.8. The van der Waals surface area contributed by atoms with Crippen LogP contribution in [-0.2, 0) is 6.42 Å². The van der Waals surface area contributed by atoms with E-state index in [-0.39, 0.29) is 0 Å². The Morgan fingerprint density at radius 1 is 0.821 bits per heavy atom. The minimum Gasteiger partial charge on any atom is -0.0730 e. The number of aryl methyl sites for hydroxylation is 1. The fraction of sp³-hybridized carbons (Fsp3) is 0.571. The number of allylic oxidation sites excluding steroid dienone is 3. The van der Waals surface area contributed by atoms with Gasteiger partial charge in [-0.1, -0.05) is 94.6 Å². The van der Waals surface area contributed by atoms with Gasteiger partial charge in [0, 0.05) is 0 Å². The first-order valence-corrected chi connectivity index (χ1v) is 11.7. The molecular formula is C28H40. The molecule has 0 aliphatic heterocycles. The molecule has 1 saturated carbocycles. The topological polar surface area (TPSA) is 0 Å². The number of benzene rings is 1. The van der Waals surface area contributed by atoms with Crippen LogP contribution in [0.1, 0.15) is 95.6 Å². The molecule has 0 nitrogen and oxygen atoms in total. The summed E-state index contributed by atoms with van der Waals surface area (Å²) < 4.78 is 0. The summed E-state index contributed by atoms with van der Waals surface area (Å²) in [5.74, 6) is 8.08. The minimum atomic E-state index is 0.751. The summed E-state index contributed by atoms with van der Waals surface area (Å²) in [6.07, 6.45) is 24.8. The first kappa shape index (κ1) is 22.5. The Morgan fingerprint density at radius 3 is 2.21 bits per heavy atom. The fourth-order valence-corrected chi connectivity index (χ4v) is 4.15. The molecule has 1 aliphatic carbocycles. The van der Waals surface area contributed by atoms with Crippen molar-refractivity contribution in [1.29, 1.82) is 0 Å². The van der Waals surface area contributed by atoms with Crippen molar-refractivity contribution < 1.29 is 0 Å². The first-order valence-electron chi connectivity index (χ1n) is 11.7. The standard InChI is InChI=1S/C28H40/c1-3-5-9-13-25-17-21-27(22-18-25)15-11-7-8-12-16-28-23-19-26(20-24-28)14-10-6-4-2/h11-12,15-18,21-22,26,28H,3-6,9-10,13-14,19-20,23-24H2,1-2H3/b15-11+,16-12+. The van der Waals surface area contributed by atoms with Crippen LogP contribution in [0.15, 0.2) is 42.5 Å². The number of hydrogen-bond donors (Lipinski definition) is 0. The SMILES string of the molecule is CCCCCc1ccc(/C=C/C#C/C=C/C2CCC(CCCCC)CC2)cc1. The molecule has 0 radical (unpaired) electrons. The molecule has 0 unspecified atom stereocenters. The summed E-state index contributed by atoms with van der Waals surface area (Å²) in [7, 11) is 0.